The Morgan fingerprint density at radius 2 is 2.25 bits per heavy atom. The minimum absolute atomic E-state index is 0.103. The second-order valence-electron chi connectivity index (χ2n) is 4.46. The Morgan fingerprint density at radius 1 is 1.56 bits per heavy atom. The molecule has 0 heterocycles. The molecule has 16 heavy (non-hydrogen) atoms. The average molecular weight is 239 g/mol. The molecule has 0 saturated heterocycles. The van der Waals surface area contributed by atoms with Crippen molar-refractivity contribution < 1.29 is 4.79 Å². The van der Waals surface area contributed by atoms with Crippen LogP contribution in [0.15, 0.2) is 18.2 Å². The van der Waals surface area contributed by atoms with Crippen LogP contribution in [-0.4, -0.2) is 12.5 Å². The molecule has 1 aromatic carbocycles. The molecule has 4 heteroatoms. The molecule has 1 aromatic rings. The average Bonchev–Trinajstić information content (AvgIpc) is 2.89. The molecule has 3 nitrogen and oxygen atoms in total. The fourth-order valence-electron chi connectivity index (χ4n) is 1.75. The first-order chi connectivity index (χ1) is 7.56. The number of benzene rings is 1. The molecule has 0 aliphatic heterocycles. The van der Waals surface area contributed by atoms with Crippen LogP contribution in [0.2, 0.25) is 5.02 Å². The summed E-state index contributed by atoms with van der Waals surface area (Å²) >= 11 is 5.83. The van der Waals surface area contributed by atoms with Gasteiger partial charge in [0.1, 0.15) is 0 Å². The van der Waals surface area contributed by atoms with Crippen molar-refractivity contribution in [2.24, 2.45) is 11.8 Å². The van der Waals surface area contributed by atoms with Crippen LogP contribution in [0.5, 0.6) is 0 Å². The highest BCUT2D eigenvalue weighted by atomic mass is 35.5. The quantitative estimate of drug-likeness (QED) is 0.794. The first kappa shape index (κ1) is 11.3. The van der Waals surface area contributed by atoms with E-state index >= 15 is 0 Å². The number of rotatable bonds is 3. The van der Waals surface area contributed by atoms with Gasteiger partial charge in [-0.15, -0.1) is 0 Å². The topological polar surface area (TPSA) is 55.1 Å². The van der Waals surface area contributed by atoms with E-state index < -0.39 is 0 Å². The second kappa shape index (κ2) is 4.34. The van der Waals surface area contributed by atoms with Gasteiger partial charge in [-0.3, -0.25) is 4.79 Å². The van der Waals surface area contributed by atoms with Crippen molar-refractivity contribution in [1.29, 1.82) is 0 Å². The van der Waals surface area contributed by atoms with Crippen LogP contribution in [-0.2, 0) is 0 Å². The summed E-state index contributed by atoms with van der Waals surface area (Å²) in [6.07, 6.45) is 1.21. The number of hydrogen-bond donors (Lipinski definition) is 2. The number of nitrogens with one attached hydrogen (secondary N) is 1. The Hall–Kier alpha value is -1.22. The third-order valence-corrected chi connectivity index (χ3v) is 3.20. The van der Waals surface area contributed by atoms with E-state index in [0.29, 0.717) is 22.2 Å². The van der Waals surface area contributed by atoms with Crippen molar-refractivity contribution >= 4 is 23.2 Å². The summed E-state index contributed by atoms with van der Waals surface area (Å²) in [7, 11) is 0. The lowest BCUT2D eigenvalue weighted by Crippen LogP contribution is -2.25. The number of amides is 1. The molecule has 86 valence electrons. The highest BCUT2D eigenvalue weighted by molar-refractivity contribution is 6.31. The number of hydrogen-bond acceptors (Lipinski definition) is 2. The normalized spacial score (nSPS) is 22.9. The number of nitrogen functional groups attached to an aromatic ring is 1. The predicted molar refractivity (Wildman–Crippen MR) is 65.5 cm³/mol. The Morgan fingerprint density at radius 3 is 2.81 bits per heavy atom. The minimum Gasteiger partial charge on any atom is -0.399 e. The SMILES string of the molecule is CC1CC1CNC(=O)c1cc(N)cc(Cl)c1. The summed E-state index contributed by atoms with van der Waals surface area (Å²) in [6.45, 7) is 2.93. The third-order valence-electron chi connectivity index (χ3n) is 2.98. The van der Waals surface area contributed by atoms with E-state index in [-0.39, 0.29) is 5.91 Å². The van der Waals surface area contributed by atoms with E-state index in [0.717, 1.165) is 12.5 Å². The maximum Gasteiger partial charge on any atom is 0.251 e. The maximum atomic E-state index is 11.8. The molecule has 1 aliphatic rings. The molecular weight excluding hydrogens is 224 g/mol. The van der Waals surface area contributed by atoms with Crippen molar-refractivity contribution in [2.75, 3.05) is 12.3 Å². The molecule has 1 saturated carbocycles. The van der Waals surface area contributed by atoms with Gasteiger partial charge in [0.05, 0.1) is 0 Å². The van der Waals surface area contributed by atoms with Gasteiger partial charge in [0.25, 0.3) is 5.91 Å². The molecule has 1 fully saturated rings. The zero-order chi connectivity index (χ0) is 11.7. The maximum absolute atomic E-state index is 11.8. The first-order valence-electron chi connectivity index (χ1n) is 5.40. The Bertz CT molecular complexity index is 399. The van der Waals surface area contributed by atoms with Crippen LogP contribution in [0, 0.1) is 11.8 Å². The largest absolute Gasteiger partial charge is 0.399 e. The zero-order valence-electron chi connectivity index (χ0n) is 9.16. The smallest absolute Gasteiger partial charge is 0.251 e. The highest BCUT2D eigenvalue weighted by Crippen LogP contribution is 2.36. The molecular formula is C12H15ClN2O. The molecule has 1 aliphatic carbocycles. The fourth-order valence-corrected chi connectivity index (χ4v) is 2.00. The van der Waals surface area contributed by atoms with E-state index in [2.05, 4.69) is 12.2 Å². The zero-order valence-corrected chi connectivity index (χ0v) is 9.92. The van der Waals surface area contributed by atoms with Crippen molar-refractivity contribution in [3.63, 3.8) is 0 Å². The molecule has 0 bridgehead atoms. The Balaban J connectivity index is 1.97. The van der Waals surface area contributed by atoms with Gasteiger partial charge in [0.15, 0.2) is 0 Å². The highest BCUT2D eigenvalue weighted by Gasteiger charge is 2.32. The van der Waals surface area contributed by atoms with Crippen LogP contribution in [0.4, 0.5) is 5.69 Å². The van der Waals surface area contributed by atoms with Gasteiger partial charge >= 0.3 is 0 Å². The van der Waals surface area contributed by atoms with Gasteiger partial charge in [0.2, 0.25) is 0 Å². The van der Waals surface area contributed by atoms with Gasteiger partial charge in [-0.25, -0.2) is 0 Å². The van der Waals surface area contributed by atoms with Crippen LogP contribution < -0.4 is 11.1 Å². The van der Waals surface area contributed by atoms with Crippen molar-refractivity contribution in [3.8, 4) is 0 Å². The van der Waals surface area contributed by atoms with E-state index in [1.165, 1.54) is 6.42 Å². The summed E-state index contributed by atoms with van der Waals surface area (Å²) in [6, 6.07) is 4.89. The summed E-state index contributed by atoms with van der Waals surface area (Å²) in [4.78, 5) is 11.8. The number of halogens is 1. The van der Waals surface area contributed by atoms with Crippen LogP contribution >= 0.6 is 11.6 Å². The number of nitrogens with two attached hydrogens (primary N) is 1. The Kier molecular flexibility index (Phi) is 3.06. The first-order valence-corrected chi connectivity index (χ1v) is 5.78. The lowest BCUT2D eigenvalue weighted by atomic mass is 10.2. The number of anilines is 1. The molecule has 3 N–H and O–H groups in total. The summed E-state index contributed by atoms with van der Waals surface area (Å²) < 4.78 is 0. The van der Waals surface area contributed by atoms with Gasteiger partial charge in [-0.2, -0.15) is 0 Å². The van der Waals surface area contributed by atoms with Gasteiger partial charge in [-0.1, -0.05) is 18.5 Å². The summed E-state index contributed by atoms with van der Waals surface area (Å²) in [5, 5.41) is 3.38. The van der Waals surface area contributed by atoms with E-state index in [9.17, 15) is 4.79 Å². The van der Waals surface area contributed by atoms with Gasteiger partial charge in [-0.05, 0) is 36.5 Å². The van der Waals surface area contributed by atoms with Crippen LogP contribution in [0.25, 0.3) is 0 Å². The van der Waals surface area contributed by atoms with Gasteiger partial charge < -0.3 is 11.1 Å². The second-order valence-corrected chi connectivity index (χ2v) is 4.89. The van der Waals surface area contributed by atoms with Crippen molar-refractivity contribution in [2.45, 2.75) is 13.3 Å². The Labute approximate surface area is 100.0 Å². The van der Waals surface area contributed by atoms with Crippen LogP contribution in [0.1, 0.15) is 23.7 Å². The standard InChI is InChI=1S/C12H15ClN2O/c1-7-2-9(7)6-15-12(16)8-3-10(13)5-11(14)4-8/h3-5,7,9H,2,6,14H2,1H3,(H,15,16). The molecule has 2 atom stereocenters. The van der Waals surface area contributed by atoms with E-state index in [1.54, 1.807) is 18.2 Å². The van der Waals surface area contributed by atoms with Crippen molar-refractivity contribution in [1.82, 2.24) is 5.32 Å². The van der Waals surface area contributed by atoms with Gasteiger partial charge in [0, 0.05) is 22.8 Å². The lowest BCUT2D eigenvalue weighted by Gasteiger charge is -2.05. The third kappa shape index (κ3) is 2.67. The summed E-state index contributed by atoms with van der Waals surface area (Å²) in [5.74, 6) is 1.28. The van der Waals surface area contributed by atoms with Crippen LogP contribution in [0.3, 0.4) is 0 Å². The number of carbonyl (C=O) groups is 1. The van der Waals surface area contributed by atoms with E-state index in [4.69, 9.17) is 17.3 Å². The molecule has 2 unspecified atom stereocenters. The molecule has 0 aromatic heterocycles. The molecule has 0 radical (unpaired) electrons. The fraction of sp³-hybridized carbons (Fsp3) is 0.417. The lowest BCUT2D eigenvalue weighted by molar-refractivity contribution is 0.0951. The molecule has 0 spiro atoms. The minimum atomic E-state index is -0.103. The van der Waals surface area contributed by atoms with Crippen molar-refractivity contribution in [3.05, 3.63) is 28.8 Å². The summed E-state index contributed by atoms with van der Waals surface area (Å²) in [5.41, 5.74) is 6.66. The predicted octanol–water partition coefficient (Wildman–Crippen LogP) is 2.31. The molecule has 1 amide bonds. The number of carbonyl (C=O) groups excluding carboxylic acids is 1. The van der Waals surface area contributed by atoms with E-state index in [1.807, 2.05) is 0 Å². The molecule has 2 rings (SSSR count). The monoisotopic (exact) mass is 238 g/mol.